The summed E-state index contributed by atoms with van der Waals surface area (Å²) in [5, 5.41) is 2.01. The van der Waals surface area contributed by atoms with Crippen LogP contribution < -0.4 is 16.7 Å². The maximum Gasteiger partial charge on any atom is 0.141 e. The quantitative estimate of drug-likeness (QED) is 0.666. The van der Waals surface area contributed by atoms with Crippen LogP contribution in [0, 0.1) is 11.8 Å². The Morgan fingerprint density at radius 3 is 2.73 bits per heavy atom. The molecule has 1 aromatic rings. The number of H-pyrrole nitrogens is 1. The van der Waals surface area contributed by atoms with Crippen LogP contribution in [0.1, 0.15) is 44.1 Å². The standard InChI is InChI=1S/C19H29N7/c20-15-6-9-25(10-7-15)11-13-1-3-14(4-2-13)17-18-16-5-8-21-19(16)22-12-26(18)24-23-17/h5,8,12-15,21,23-24H,1-4,6-7,9-11,20H2. The zero-order valence-corrected chi connectivity index (χ0v) is 15.2. The molecule has 1 aromatic heterocycles. The van der Waals surface area contributed by atoms with Gasteiger partial charge < -0.3 is 21.0 Å². The molecule has 0 amide bonds. The summed E-state index contributed by atoms with van der Waals surface area (Å²) in [6, 6.07) is 2.55. The summed E-state index contributed by atoms with van der Waals surface area (Å²) in [6.45, 7) is 3.64. The molecule has 1 saturated carbocycles. The van der Waals surface area contributed by atoms with Crippen molar-refractivity contribution in [2.24, 2.45) is 22.6 Å². The van der Waals surface area contributed by atoms with E-state index in [1.807, 2.05) is 17.5 Å². The molecule has 3 aliphatic heterocycles. The molecule has 5 N–H and O–H groups in total. The number of hydrogen-bond acceptors (Lipinski definition) is 6. The largest absolute Gasteiger partial charge is 0.346 e. The highest BCUT2D eigenvalue weighted by atomic mass is 15.7. The third-order valence-corrected chi connectivity index (χ3v) is 6.49. The van der Waals surface area contributed by atoms with E-state index in [1.54, 1.807) is 0 Å². The van der Waals surface area contributed by atoms with Crippen LogP contribution in [0.25, 0.3) is 5.70 Å². The van der Waals surface area contributed by atoms with E-state index in [9.17, 15) is 0 Å². The lowest BCUT2D eigenvalue weighted by Gasteiger charge is -2.36. The zero-order valence-electron chi connectivity index (χ0n) is 15.2. The number of aliphatic imine (C=N–C) groups is 1. The maximum atomic E-state index is 6.04. The SMILES string of the molecule is NC1CCN(CC2CCC(C3=C4c5cc[nH]c5N=CN4NN3)CC2)CC1. The van der Waals surface area contributed by atoms with E-state index in [4.69, 9.17) is 5.73 Å². The van der Waals surface area contributed by atoms with Gasteiger partial charge >= 0.3 is 0 Å². The molecule has 5 rings (SSSR count). The molecular weight excluding hydrogens is 326 g/mol. The van der Waals surface area contributed by atoms with E-state index in [0.29, 0.717) is 12.0 Å². The van der Waals surface area contributed by atoms with Crippen molar-refractivity contribution < 1.29 is 0 Å². The van der Waals surface area contributed by atoms with Crippen molar-refractivity contribution in [3.8, 4) is 0 Å². The maximum absolute atomic E-state index is 6.04. The van der Waals surface area contributed by atoms with Crippen molar-refractivity contribution in [1.29, 1.82) is 0 Å². The van der Waals surface area contributed by atoms with Crippen molar-refractivity contribution in [3.63, 3.8) is 0 Å². The van der Waals surface area contributed by atoms with Gasteiger partial charge in [-0.3, -0.25) is 0 Å². The molecule has 2 fully saturated rings. The minimum atomic E-state index is 0.427. The lowest BCUT2D eigenvalue weighted by Crippen LogP contribution is -2.42. The van der Waals surface area contributed by atoms with Gasteiger partial charge in [-0.05, 0) is 63.6 Å². The van der Waals surface area contributed by atoms with E-state index >= 15 is 0 Å². The molecule has 0 spiro atoms. The zero-order chi connectivity index (χ0) is 17.5. The van der Waals surface area contributed by atoms with Crippen molar-refractivity contribution in [3.05, 3.63) is 23.5 Å². The highest BCUT2D eigenvalue weighted by Gasteiger charge is 2.34. The third-order valence-electron chi connectivity index (χ3n) is 6.49. The Bertz CT molecular complexity index is 705. The Labute approximate surface area is 154 Å². The topological polar surface area (TPSA) is 84.7 Å². The first-order chi connectivity index (χ1) is 12.8. The fourth-order valence-corrected chi connectivity index (χ4v) is 4.93. The molecule has 140 valence electrons. The predicted octanol–water partition coefficient (Wildman–Crippen LogP) is 1.91. The number of nitrogens with zero attached hydrogens (tertiary/aromatic N) is 3. The number of fused-ring (bicyclic) bond motifs is 3. The Hall–Kier alpha value is -1.83. The molecule has 0 radical (unpaired) electrons. The molecule has 1 saturated heterocycles. The molecule has 0 atom stereocenters. The molecule has 0 aromatic carbocycles. The van der Waals surface area contributed by atoms with Gasteiger partial charge in [0.15, 0.2) is 0 Å². The summed E-state index contributed by atoms with van der Waals surface area (Å²) in [6.07, 6.45) is 11.3. The Morgan fingerprint density at radius 1 is 1.12 bits per heavy atom. The smallest absolute Gasteiger partial charge is 0.141 e. The van der Waals surface area contributed by atoms with Gasteiger partial charge in [0.05, 0.1) is 11.4 Å². The number of aromatic amines is 1. The second-order valence-corrected chi connectivity index (χ2v) is 8.21. The number of rotatable bonds is 3. The van der Waals surface area contributed by atoms with Crippen LogP contribution in [-0.4, -0.2) is 46.9 Å². The number of hydrogen-bond donors (Lipinski definition) is 4. The van der Waals surface area contributed by atoms with Crippen LogP contribution >= 0.6 is 0 Å². The predicted molar refractivity (Wildman–Crippen MR) is 103 cm³/mol. The lowest BCUT2D eigenvalue weighted by molar-refractivity contribution is 0.155. The highest BCUT2D eigenvalue weighted by Crippen LogP contribution is 2.40. The van der Waals surface area contributed by atoms with Gasteiger partial charge in [-0.2, -0.15) is 0 Å². The summed E-state index contributed by atoms with van der Waals surface area (Å²) in [5.74, 6) is 2.39. The minimum absolute atomic E-state index is 0.427. The molecule has 4 aliphatic rings. The van der Waals surface area contributed by atoms with Crippen molar-refractivity contribution in [1.82, 2.24) is 25.9 Å². The monoisotopic (exact) mass is 355 g/mol. The first kappa shape index (κ1) is 16.4. The van der Waals surface area contributed by atoms with Crippen LogP contribution in [-0.2, 0) is 0 Å². The summed E-state index contributed by atoms with van der Waals surface area (Å²) < 4.78 is 0. The lowest BCUT2D eigenvalue weighted by atomic mass is 9.79. The summed E-state index contributed by atoms with van der Waals surface area (Å²) in [5.41, 5.74) is 16.5. The Balaban J connectivity index is 1.23. The van der Waals surface area contributed by atoms with Crippen molar-refractivity contribution >= 4 is 17.9 Å². The number of nitrogens with one attached hydrogen (secondary N) is 3. The fourth-order valence-electron chi connectivity index (χ4n) is 4.93. The fraction of sp³-hybridized carbons (Fsp3) is 0.632. The minimum Gasteiger partial charge on any atom is -0.346 e. The van der Waals surface area contributed by atoms with E-state index in [2.05, 4.69) is 31.9 Å². The van der Waals surface area contributed by atoms with Crippen LogP contribution in [0.4, 0.5) is 5.82 Å². The average molecular weight is 355 g/mol. The Kier molecular flexibility index (Phi) is 4.23. The number of piperidine rings is 1. The summed E-state index contributed by atoms with van der Waals surface area (Å²) in [4.78, 5) is 10.3. The second kappa shape index (κ2) is 6.72. The van der Waals surface area contributed by atoms with Gasteiger partial charge in [-0.15, -0.1) is 5.53 Å². The van der Waals surface area contributed by atoms with Crippen LogP contribution in [0.5, 0.6) is 0 Å². The average Bonchev–Trinajstić information content (AvgIpc) is 3.30. The molecule has 1 aliphatic carbocycles. The van der Waals surface area contributed by atoms with Crippen LogP contribution in [0.2, 0.25) is 0 Å². The number of nitrogens with two attached hydrogens (primary N) is 1. The van der Waals surface area contributed by atoms with Gasteiger partial charge in [-0.1, -0.05) is 0 Å². The van der Waals surface area contributed by atoms with E-state index in [-0.39, 0.29) is 0 Å². The number of hydrazine groups is 2. The first-order valence-electron chi connectivity index (χ1n) is 10.0. The van der Waals surface area contributed by atoms with Gasteiger partial charge in [-0.25, -0.2) is 10.0 Å². The molecule has 7 heteroatoms. The molecule has 0 bridgehead atoms. The molecule has 7 nitrogen and oxygen atoms in total. The summed E-state index contributed by atoms with van der Waals surface area (Å²) in [7, 11) is 0. The van der Waals surface area contributed by atoms with E-state index in [0.717, 1.165) is 24.6 Å². The van der Waals surface area contributed by atoms with Gasteiger partial charge in [0.1, 0.15) is 12.2 Å². The summed E-state index contributed by atoms with van der Waals surface area (Å²) >= 11 is 0. The third kappa shape index (κ3) is 2.94. The second-order valence-electron chi connectivity index (χ2n) is 8.21. The first-order valence-corrected chi connectivity index (χ1v) is 10.0. The number of likely N-dealkylation sites (tertiary alicyclic amines) is 1. The van der Waals surface area contributed by atoms with Crippen molar-refractivity contribution in [2.75, 3.05) is 19.6 Å². The van der Waals surface area contributed by atoms with Crippen LogP contribution in [0.3, 0.4) is 0 Å². The molecule has 26 heavy (non-hydrogen) atoms. The number of aromatic nitrogens is 1. The molecule has 4 heterocycles. The van der Waals surface area contributed by atoms with Crippen molar-refractivity contribution in [2.45, 2.75) is 44.6 Å². The van der Waals surface area contributed by atoms with Gasteiger partial charge in [0.2, 0.25) is 0 Å². The van der Waals surface area contributed by atoms with Gasteiger partial charge in [0, 0.05) is 30.3 Å². The van der Waals surface area contributed by atoms with Crippen LogP contribution in [0.15, 0.2) is 23.0 Å². The van der Waals surface area contributed by atoms with E-state index in [1.165, 1.54) is 62.3 Å². The molecule has 0 unspecified atom stereocenters. The van der Waals surface area contributed by atoms with Gasteiger partial charge in [0.25, 0.3) is 0 Å². The van der Waals surface area contributed by atoms with E-state index < -0.39 is 0 Å². The Morgan fingerprint density at radius 2 is 1.92 bits per heavy atom. The highest BCUT2D eigenvalue weighted by molar-refractivity contribution is 5.87. The number of allylic oxidation sites excluding steroid dienone is 1. The normalized spacial score (nSPS) is 29.7. The molecular formula is C19H29N7.